The maximum Gasteiger partial charge on any atom is 0.335 e. The van der Waals surface area contributed by atoms with Crippen LogP contribution in [0, 0.1) is 5.82 Å². The molecule has 0 spiro atoms. The van der Waals surface area contributed by atoms with E-state index < -0.39 is 5.97 Å². The Balaban J connectivity index is 1.87. The topological polar surface area (TPSA) is 81.7 Å². The zero-order valence-corrected chi connectivity index (χ0v) is 14.7. The van der Waals surface area contributed by atoms with Crippen molar-refractivity contribution in [2.24, 2.45) is 0 Å². The van der Waals surface area contributed by atoms with Gasteiger partial charge in [0.25, 0.3) is 0 Å². The van der Waals surface area contributed by atoms with E-state index in [-0.39, 0.29) is 30.0 Å². The third-order valence-corrected chi connectivity index (χ3v) is 3.97. The van der Waals surface area contributed by atoms with Crippen LogP contribution in [-0.4, -0.2) is 42.6 Å². The van der Waals surface area contributed by atoms with E-state index in [1.807, 2.05) is 25.1 Å². The molecule has 0 bridgehead atoms. The predicted octanol–water partition coefficient (Wildman–Crippen LogP) is 2.63. The SMILES string of the molecule is CN(C)C(CNC(=O)NCc1ccc(C(=O)O)cc1)c1cccc(F)c1. The lowest BCUT2D eigenvalue weighted by Gasteiger charge is -2.25. The van der Waals surface area contributed by atoms with Gasteiger partial charge in [-0.3, -0.25) is 0 Å². The number of amides is 2. The smallest absolute Gasteiger partial charge is 0.335 e. The quantitative estimate of drug-likeness (QED) is 0.710. The molecule has 138 valence electrons. The van der Waals surface area contributed by atoms with E-state index in [1.165, 1.54) is 24.3 Å². The summed E-state index contributed by atoms with van der Waals surface area (Å²) in [6, 6.07) is 12.1. The zero-order valence-electron chi connectivity index (χ0n) is 14.7. The minimum absolute atomic E-state index is 0.161. The highest BCUT2D eigenvalue weighted by Gasteiger charge is 2.15. The lowest BCUT2D eigenvalue weighted by atomic mass is 10.1. The molecule has 0 heterocycles. The second kappa shape index (κ2) is 8.96. The number of aromatic carboxylic acids is 1. The number of urea groups is 1. The molecule has 3 N–H and O–H groups in total. The number of hydrogen-bond acceptors (Lipinski definition) is 3. The first kappa shape index (κ1) is 19.4. The maximum absolute atomic E-state index is 13.4. The monoisotopic (exact) mass is 359 g/mol. The molecule has 2 amide bonds. The number of carbonyl (C=O) groups is 2. The van der Waals surface area contributed by atoms with Crippen molar-refractivity contribution in [1.29, 1.82) is 0 Å². The molecule has 0 aromatic heterocycles. The third kappa shape index (κ3) is 5.56. The summed E-state index contributed by atoms with van der Waals surface area (Å²) < 4.78 is 13.4. The van der Waals surface area contributed by atoms with Gasteiger partial charge in [0, 0.05) is 13.1 Å². The molecule has 1 atom stereocenters. The maximum atomic E-state index is 13.4. The minimum Gasteiger partial charge on any atom is -0.478 e. The van der Waals surface area contributed by atoms with Crippen LogP contribution >= 0.6 is 0 Å². The first-order chi connectivity index (χ1) is 12.4. The van der Waals surface area contributed by atoms with Gasteiger partial charge in [0.05, 0.1) is 11.6 Å². The van der Waals surface area contributed by atoms with Gasteiger partial charge in [-0.05, 0) is 49.5 Å². The first-order valence-corrected chi connectivity index (χ1v) is 8.12. The van der Waals surface area contributed by atoms with Gasteiger partial charge in [-0.15, -0.1) is 0 Å². The standard InChI is InChI=1S/C19H22FN3O3/c1-23(2)17(15-4-3-5-16(20)10-15)12-22-19(26)21-11-13-6-8-14(9-7-13)18(24)25/h3-10,17H,11-12H2,1-2H3,(H,24,25)(H2,21,22,26). The van der Waals surface area contributed by atoms with Gasteiger partial charge in [0.2, 0.25) is 0 Å². The fraction of sp³-hybridized carbons (Fsp3) is 0.263. The molecular weight excluding hydrogens is 337 g/mol. The van der Waals surface area contributed by atoms with E-state index in [0.29, 0.717) is 6.54 Å². The average Bonchev–Trinajstić information content (AvgIpc) is 2.60. The molecular formula is C19H22FN3O3. The Bertz CT molecular complexity index is 763. The summed E-state index contributed by atoms with van der Waals surface area (Å²) in [6.07, 6.45) is 0. The highest BCUT2D eigenvalue weighted by Crippen LogP contribution is 2.18. The van der Waals surface area contributed by atoms with Crippen LogP contribution in [0.4, 0.5) is 9.18 Å². The second-order valence-electron chi connectivity index (χ2n) is 6.10. The molecule has 0 aliphatic carbocycles. The van der Waals surface area contributed by atoms with Gasteiger partial charge < -0.3 is 20.6 Å². The lowest BCUT2D eigenvalue weighted by molar-refractivity contribution is 0.0697. The summed E-state index contributed by atoms with van der Waals surface area (Å²) in [4.78, 5) is 24.7. The number of benzene rings is 2. The number of nitrogens with zero attached hydrogens (tertiary/aromatic N) is 1. The number of carbonyl (C=O) groups excluding carboxylic acids is 1. The summed E-state index contributed by atoms with van der Waals surface area (Å²) in [5, 5.41) is 14.4. The molecule has 26 heavy (non-hydrogen) atoms. The Morgan fingerprint density at radius 3 is 2.38 bits per heavy atom. The molecule has 0 saturated carbocycles. The highest BCUT2D eigenvalue weighted by atomic mass is 19.1. The Morgan fingerprint density at radius 1 is 1.12 bits per heavy atom. The number of carboxylic acids is 1. The molecule has 0 aliphatic heterocycles. The molecule has 1 unspecified atom stereocenters. The summed E-state index contributed by atoms with van der Waals surface area (Å²) in [7, 11) is 3.72. The summed E-state index contributed by atoms with van der Waals surface area (Å²) in [5.41, 5.74) is 1.76. The molecule has 0 saturated heterocycles. The normalized spacial score (nSPS) is 11.8. The van der Waals surface area contributed by atoms with E-state index in [2.05, 4.69) is 10.6 Å². The largest absolute Gasteiger partial charge is 0.478 e. The van der Waals surface area contributed by atoms with Crippen LogP contribution in [0.1, 0.15) is 27.5 Å². The van der Waals surface area contributed by atoms with Gasteiger partial charge in [0.1, 0.15) is 5.82 Å². The van der Waals surface area contributed by atoms with Crippen LogP contribution in [0.15, 0.2) is 48.5 Å². The molecule has 2 aromatic rings. The van der Waals surface area contributed by atoms with Crippen LogP contribution in [0.3, 0.4) is 0 Å². The second-order valence-corrected chi connectivity index (χ2v) is 6.10. The Morgan fingerprint density at radius 2 is 1.81 bits per heavy atom. The van der Waals surface area contributed by atoms with Crippen LogP contribution in [0.2, 0.25) is 0 Å². The Hall–Kier alpha value is -2.93. The number of halogens is 1. The van der Waals surface area contributed by atoms with Crippen LogP contribution in [0.5, 0.6) is 0 Å². The minimum atomic E-state index is -0.991. The van der Waals surface area contributed by atoms with Crippen molar-refractivity contribution in [3.05, 3.63) is 71.0 Å². The number of carboxylic acid groups (broad SMARTS) is 1. The summed E-state index contributed by atoms with van der Waals surface area (Å²) in [5.74, 6) is -1.31. The molecule has 0 aliphatic rings. The van der Waals surface area contributed by atoms with Crippen molar-refractivity contribution >= 4 is 12.0 Å². The van der Waals surface area contributed by atoms with Crippen molar-refractivity contribution in [2.75, 3.05) is 20.6 Å². The summed E-state index contributed by atoms with van der Waals surface area (Å²) in [6.45, 7) is 0.596. The number of nitrogens with one attached hydrogen (secondary N) is 2. The molecule has 7 heteroatoms. The van der Waals surface area contributed by atoms with Crippen molar-refractivity contribution in [3.63, 3.8) is 0 Å². The van der Waals surface area contributed by atoms with E-state index in [4.69, 9.17) is 5.11 Å². The van der Waals surface area contributed by atoms with E-state index in [9.17, 15) is 14.0 Å². The highest BCUT2D eigenvalue weighted by molar-refractivity contribution is 5.87. The summed E-state index contributed by atoms with van der Waals surface area (Å²) >= 11 is 0. The van der Waals surface area contributed by atoms with Crippen molar-refractivity contribution in [1.82, 2.24) is 15.5 Å². The fourth-order valence-corrected chi connectivity index (χ4v) is 2.51. The Kier molecular flexibility index (Phi) is 6.68. The van der Waals surface area contributed by atoms with Crippen molar-refractivity contribution in [2.45, 2.75) is 12.6 Å². The molecule has 6 nitrogen and oxygen atoms in total. The lowest BCUT2D eigenvalue weighted by Crippen LogP contribution is -2.40. The van der Waals surface area contributed by atoms with E-state index >= 15 is 0 Å². The van der Waals surface area contributed by atoms with Crippen LogP contribution < -0.4 is 10.6 Å². The van der Waals surface area contributed by atoms with Crippen molar-refractivity contribution in [3.8, 4) is 0 Å². The van der Waals surface area contributed by atoms with Gasteiger partial charge in [-0.2, -0.15) is 0 Å². The van der Waals surface area contributed by atoms with Crippen LogP contribution in [0.25, 0.3) is 0 Å². The van der Waals surface area contributed by atoms with Gasteiger partial charge in [-0.1, -0.05) is 24.3 Å². The van der Waals surface area contributed by atoms with Gasteiger partial charge in [-0.25, -0.2) is 14.0 Å². The van der Waals surface area contributed by atoms with Crippen LogP contribution in [-0.2, 0) is 6.54 Å². The van der Waals surface area contributed by atoms with E-state index in [0.717, 1.165) is 11.1 Å². The third-order valence-electron chi connectivity index (χ3n) is 3.97. The first-order valence-electron chi connectivity index (χ1n) is 8.12. The number of likely N-dealkylation sites (N-methyl/N-ethyl adjacent to an activating group) is 1. The average molecular weight is 359 g/mol. The predicted molar refractivity (Wildman–Crippen MR) is 96.5 cm³/mol. The number of hydrogen-bond donors (Lipinski definition) is 3. The van der Waals surface area contributed by atoms with Gasteiger partial charge in [0.15, 0.2) is 0 Å². The zero-order chi connectivity index (χ0) is 19.1. The molecule has 2 aromatic carbocycles. The fourth-order valence-electron chi connectivity index (χ4n) is 2.51. The molecule has 0 radical (unpaired) electrons. The van der Waals surface area contributed by atoms with Gasteiger partial charge >= 0.3 is 12.0 Å². The Labute approximate surface area is 151 Å². The molecule has 2 rings (SSSR count). The number of rotatable bonds is 7. The van der Waals surface area contributed by atoms with Crippen molar-refractivity contribution < 1.29 is 19.1 Å². The van der Waals surface area contributed by atoms with E-state index in [1.54, 1.807) is 18.2 Å². The molecule has 0 fully saturated rings.